The Labute approximate surface area is 168 Å². The van der Waals surface area contributed by atoms with Gasteiger partial charge in [-0.1, -0.05) is 38.3 Å². The maximum atomic E-state index is 15.0. The first-order valence-corrected chi connectivity index (χ1v) is 10.8. The van der Waals surface area contributed by atoms with Crippen LogP contribution in [0.3, 0.4) is 0 Å². The molecule has 0 N–H and O–H groups in total. The number of fused-ring (bicyclic) bond motifs is 2. The van der Waals surface area contributed by atoms with Crippen molar-refractivity contribution in [2.45, 2.75) is 70.4 Å². The van der Waals surface area contributed by atoms with Crippen molar-refractivity contribution < 1.29 is 22.0 Å². The van der Waals surface area contributed by atoms with Crippen molar-refractivity contribution in [2.75, 3.05) is 0 Å². The molecule has 0 saturated heterocycles. The predicted octanol–water partition coefficient (Wildman–Crippen LogP) is 8.24. The first kappa shape index (κ1) is 20.6. The highest BCUT2D eigenvalue weighted by molar-refractivity contribution is 5.86. The van der Waals surface area contributed by atoms with Crippen LogP contribution in [0.15, 0.2) is 24.3 Å². The maximum absolute atomic E-state index is 15.0. The second-order valence-corrected chi connectivity index (χ2v) is 8.99. The van der Waals surface area contributed by atoms with Crippen LogP contribution in [0.5, 0.6) is 0 Å². The lowest BCUT2D eigenvalue weighted by Crippen LogP contribution is -2.31. The highest BCUT2D eigenvalue weighted by Gasteiger charge is 2.42. The van der Waals surface area contributed by atoms with Crippen LogP contribution in [0, 0.1) is 29.4 Å². The number of halogens is 5. The lowest BCUT2D eigenvalue weighted by Gasteiger charge is -2.43. The van der Waals surface area contributed by atoms with E-state index in [0.717, 1.165) is 31.2 Å². The van der Waals surface area contributed by atoms with Crippen LogP contribution in [0.1, 0.15) is 75.3 Å². The Morgan fingerprint density at radius 3 is 2.41 bits per heavy atom. The largest absolute Gasteiger partial charge is 0.419 e. The number of alkyl halides is 3. The highest BCUT2D eigenvalue weighted by Crippen LogP contribution is 2.51. The molecule has 4 rings (SSSR count). The topological polar surface area (TPSA) is 0 Å². The molecule has 0 radical (unpaired) electrons. The van der Waals surface area contributed by atoms with Gasteiger partial charge in [0.05, 0.1) is 10.9 Å². The average Bonchev–Trinajstić information content (AvgIpc) is 2.66. The first-order chi connectivity index (χ1) is 13.8. The second kappa shape index (κ2) is 7.88. The number of hydrogen-bond acceptors (Lipinski definition) is 0. The number of benzene rings is 2. The van der Waals surface area contributed by atoms with Crippen LogP contribution in [0.25, 0.3) is 10.8 Å². The zero-order valence-electron chi connectivity index (χ0n) is 16.7. The van der Waals surface area contributed by atoms with Gasteiger partial charge in [0.15, 0.2) is 0 Å². The van der Waals surface area contributed by atoms with Crippen molar-refractivity contribution >= 4 is 10.8 Å². The molecular formula is C24H27F5. The molecule has 2 fully saturated rings. The molecule has 0 nitrogen and oxygen atoms in total. The Hall–Kier alpha value is -1.65. The summed E-state index contributed by atoms with van der Waals surface area (Å²) in [5.41, 5.74) is -1.25. The Kier molecular flexibility index (Phi) is 5.60. The number of hydrogen-bond donors (Lipinski definition) is 0. The van der Waals surface area contributed by atoms with E-state index in [1.165, 1.54) is 37.5 Å². The summed E-state index contributed by atoms with van der Waals surface area (Å²) in [6.45, 7) is 2.19. The van der Waals surface area contributed by atoms with Crippen molar-refractivity contribution in [3.05, 3.63) is 47.0 Å². The van der Waals surface area contributed by atoms with Crippen LogP contribution in [0.4, 0.5) is 22.0 Å². The molecule has 0 amide bonds. The van der Waals surface area contributed by atoms with Crippen LogP contribution in [-0.2, 0) is 6.18 Å². The minimum Gasteiger partial charge on any atom is -0.206 e. The Morgan fingerprint density at radius 1 is 0.966 bits per heavy atom. The van der Waals surface area contributed by atoms with Gasteiger partial charge >= 0.3 is 6.18 Å². The molecule has 4 unspecified atom stereocenters. The minimum absolute atomic E-state index is 0.0160. The minimum atomic E-state index is -4.84. The van der Waals surface area contributed by atoms with Gasteiger partial charge in [-0.3, -0.25) is 0 Å². The van der Waals surface area contributed by atoms with E-state index in [-0.39, 0.29) is 16.9 Å². The van der Waals surface area contributed by atoms with Gasteiger partial charge in [-0.15, -0.1) is 0 Å². The summed E-state index contributed by atoms with van der Waals surface area (Å²) in [6.07, 6.45) is 3.15. The molecule has 0 aromatic heterocycles. The van der Waals surface area contributed by atoms with E-state index in [2.05, 4.69) is 6.92 Å². The third kappa shape index (κ3) is 3.89. The van der Waals surface area contributed by atoms with Crippen LogP contribution >= 0.6 is 0 Å². The molecule has 29 heavy (non-hydrogen) atoms. The van der Waals surface area contributed by atoms with Gasteiger partial charge in [0.25, 0.3) is 0 Å². The molecule has 0 bridgehead atoms. The van der Waals surface area contributed by atoms with Gasteiger partial charge in [0.1, 0.15) is 11.6 Å². The molecule has 2 aliphatic carbocycles. The molecule has 2 aliphatic rings. The van der Waals surface area contributed by atoms with Crippen molar-refractivity contribution in [1.82, 2.24) is 0 Å². The molecule has 158 valence electrons. The fourth-order valence-corrected chi connectivity index (χ4v) is 5.93. The van der Waals surface area contributed by atoms with Crippen molar-refractivity contribution in [2.24, 2.45) is 17.8 Å². The average molecular weight is 410 g/mol. The van der Waals surface area contributed by atoms with E-state index in [4.69, 9.17) is 0 Å². The molecule has 0 spiro atoms. The monoisotopic (exact) mass is 410 g/mol. The molecule has 0 heterocycles. The smallest absolute Gasteiger partial charge is 0.206 e. The third-order valence-corrected chi connectivity index (χ3v) is 7.23. The zero-order chi connectivity index (χ0) is 20.8. The Morgan fingerprint density at radius 2 is 1.69 bits per heavy atom. The van der Waals surface area contributed by atoms with E-state index >= 15 is 0 Å². The molecule has 0 aliphatic heterocycles. The highest BCUT2D eigenvalue weighted by atomic mass is 19.4. The van der Waals surface area contributed by atoms with Gasteiger partial charge < -0.3 is 0 Å². The summed E-state index contributed by atoms with van der Waals surface area (Å²) < 4.78 is 70.5. The molecule has 4 atom stereocenters. The Balaban J connectivity index is 1.69. The number of rotatable bonds is 3. The fourth-order valence-electron chi connectivity index (χ4n) is 5.93. The zero-order valence-corrected chi connectivity index (χ0v) is 16.7. The van der Waals surface area contributed by atoms with Crippen molar-refractivity contribution in [3.63, 3.8) is 0 Å². The molecule has 5 heteroatoms. The normalized spacial score (nSPS) is 27.8. The molecule has 2 aromatic rings. The summed E-state index contributed by atoms with van der Waals surface area (Å²) in [5, 5.41) is -0.350. The van der Waals surface area contributed by atoms with E-state index in [1.807, 2.05) is 0 Å². The second-order valence-electron chi connectivity index (χ2n) is 8.99. The van der Waals surface area contributed by atoms with Crippen LogP contribution in [0.2, 0.25) is 0 Å². The summed E-state index contributed by atoms with van der Waals surface area (Å²) in [7, 11) is 0. The Bertz CT molecular complexity index is 885. The van der Waals surface area contributed by atoms with Gasteiger partial charge in [-0.05, 0) is 78.9 Å². The van der Waals surface area contributed by atoms with E-state index < -0.39 is 28.8 Å². The van der Waals surface area contributed by atoms with E-state index in [1.54, 1.807) is 0 Å². The van der Waals surface area contributed by atoms with Crippen molar-refractivity contribution in [3.8, 4) is 0 Å². The van der Waals surface area contributed by atoms with E-state index in [0.29, 0.717) is 24.7 Å². The van der Waals surface area contributed by atoms with Gasteiger partial charge in [0, 0.05) is 0 Å². The van der Waals surface area contributed by atoms with Crippen molar-refractivity contribution in [1.29, 1.82) is 0 Å². The lowest BCUT2D eigenvalue weighted by atomic mass is 9.63. The van der Waals surface area contributed by atoms with Gasteiger partial charge in [0.2, 0.25) is 0 Å². The van der Waals surface area contributed by atoms with Crippen LogP contribution < -0.4 is 0 Å². The van der Waals surface area contributed by atoms with Crippen LogP contribution in [-0.4, -0.2) is 0 Å². The lowest BCUT2D eigenvalue weighted by molar-refractivity contribution is -0.140. The predicted molar refractivity (Wildman–Crippen MR) is 105 cm³/mol. The molecule has 2 saturated carbocycles. The fraction of sp³-hybridized carbons (Fsp3) is 0.583. The quantitative estimate of drug-likeness (QED) is 0.447. The first-order valence-electron chi connectivity index (χ1n) is 10.8. The van der Waals surface area contributed by atoms with E-state index in [9.17, 15) is 22.0 Å². The SMILES string of the molecule is CCCC1CCC2CC(c3cc4cccc(F)c4c(F)c3C(F)(F)F)CCC2C1. The summed E-state index contributed by atoms with van der Waals surface area (Å²) in [4.78, 5) is 0. The summed E-state index contributed by atoms with van der Waals surface area (Å²) in [6, 6.07) is 5.30. The maximum Gasteiger partial charge on any atom is 0.419 e. The van der Waals surface area contributed by atoms with Gasteiger partial charge in [-0.25, -0.2) is 8.78 Å². The summed E-state index contributed by atoms with van der Waals surface area (Å²) in [5.74, 6) is -1.00. The third-order valence-electron chi connectivity index (χ3n) is 7.23. The summed E-state index contributed by atoms with van der Waals surface area (Å²) >= 11 is 0. The van der Waals surface area contributed by atoms with Gasteiger partial charge in [-0.2, -0.15) is 13.2 Å². The standard InChI is InChI=1S/C24H27F5/c1-2-4-14-7-8-16-12-17(10-9-15(16)11-14)19-13-18-5-3-6-20(25)21(18)23(26)22(19)24(27,28)29/h3,5-6,13-17H,2,4,7-12H2,1H3. The molecule has 2 aromatic carbocycles. The molecular weight excluding hydrogens is 383 g/mol.